The SMILES string of the molecule is Cc1cc(NC(=O)C(Sc2ccccc2)c2ccccc2)nn1Cc1ccc(Cl)cc1. The smallest absolute Gasteiger partial charge is 0.243 e. The third kappa shape index (κ3) is 5.57. The average molecular weight is 448 g/mol. The number of aryl methyl sites for hydroxylation is 1. The molecular weight excluding hydrogens is 426 g/mol. The predicted octanol–water partition coefficient (Wildman–Crippen LogP) is 6.37. The van der Waals surface area contributed by atoms with Crippen LogP contribution in [0.1, 0.15) is 22.1 Å². The maximum atomic E-state index is 13.2. The molecule has 1 amide bonds. The zero-order chi connectivity index (χ0) is 21.6. The van der Waals surface area contributed by atoms with Gasteiger partial charge in [0.15, 0.2) is 5.82 Å². The van der Waals surface area contributed by atoms with Crippen LogP contribution in [0.5, 0.6) is 0 Å². The summed E-state index contributed by atoms with van der Waals surface area (Å²) >= 11 is 7.50. The van der Waals surface area contributed by atoms with Crippen LogP contribution >= 0.6 is 23.4 Å². The Labute approximate surface area is 191 Å². The summed E-state index contributed by atoms with van der Waals surface area (Å²) in [6.45, 7) is 2.59. The molecule has 156 valence electrons. The molecule has 4 aromatic rings. The fraction of sp³-hybridized carbons (Fsp3) is 0.120. The molecule has 1 unspecified atom stereocenters. The Bertz CT molecular complexity index is 1140. The van der Waals surface area contributed by atoms with Crippen molar-refractivity contribution in [2.45, 2.75) is 23.6 Å². The highest BCUT2D eigenvalue weighted by molar-refractivity contribution is 8.00. The van der Waals surface area contributed by atoms with Gasteiger partial charge in [-0.1, -0.05) is 72.3 Å². The van der Waals surface area contributed by atoms with E-state index >= 15 is 0 Å². The lowest BCUT2D eigenvalue weighted by molar-refractivity contribution is -0.115. The largest absolute Gasteiger partial charge is 0.308 e. The monoisotopic (exact) mass is 447 g/mol. The lowest BCUT2D eigenvalue weighted by atomic mass is 10.1. The first-order valence-corrected chi connectivity index (χ1v) is 11.2. The molecule has 0 aliphatic rings. The van der Waals surface area contributed by atoms with E-state index < -0.39 is 0 Å². The third-order valence-corrected chi connectivity index (χ3v) is 6.33. The van der Waals surface area contributed by atoms with E-state index in [1.54, 1.807) is 0 Å². The number of benzene rings is 3. The molecule has 3 aromatic carbocycles. The molecule has 1 heterocycles. The number of carbonyl (C=O) groups excluding carboxylic acids is 1. The Morgan fingerprint density at radius 1 is 1.00 bits per heavy atom. The molecule has 4 nitrogen and oxygen atoms in total. The van der Waals surface area contributed by atoms with Crippen LogP contribution in [-0.4, -0.2) is 15.7 Å². The molecule has 0 spiro atoms. The third-order valence-electron chi connectivity index (χ3n) is 4.82. The van der Waals surface area contributed by atoms with E-state index in [4.69, 9.17) is 11.6 Å². The molecule has 0 aliphatic heterocycles. The summed E-state index contributed by atoms with van der Waals surface area (Å²) < 4.78 is 1.88. The second-order valence-corrected chi connectivity index (χ2v) is 8.78. The number of anilines is 1. The van der Waals surface area contributed by atoms with E-state index in [2.05, 4.69) is 10.4 Å². The van der Waals surface area contributed by atoms with Crippen LogP contribution in [0.2, 0.25) is 5.02 Å². The van der Waals surface area contributed by atoms with Crippen molar-refractivity contribution < 1.29 is 4.79 Å². The molecule has 31 heavy (non-hydrogen) atoms. The summed E-state index contributed by atoms with van der Waals surface area (Å²) in [5.74, 6) is 0.447. The van der Waals surface area contributed by atoms with Gasteiger partial charge in [-0.25, -0.2) is 0 Å². The first-order valence-electron chi connectivity index (χ1n) is 9.95. The number of thioether (sulfide) groups is 1. The summed E-state index contributed by atoms with van der Waals surface area (Å²) in [5.41, 5.74) is 3.01. The number of halogens is 1. The summed E-state index contributed by atoms with van der Waals surface area (Å²) in [5, 5.41) is 7.92. The number of nitrogens with one attached hydrogen (secondary N) is 1. The minimum Gasteiger partial charge on any atom is -0.308 e. The summed E-state index contributed by atoms with van der Waals surface area (Å²) in [4.78, 5) is 14.3. The molecule has 1 aromatic heterocycles. The Morgan fingerprint density at radius 2 is 1.65 bits per heavy atom. The Morgan fingerprint density at radius 3 is 2.32 bits per heavy atom. The van der Waals surface area contributed by atoms with Crippen LogP contribution in [0.15, 0.2) is 95.9 Å². The van der Waals surface area contributed by atoms with Crippen LogP contribution in [0.3, 0.4) is 0 Å². The molecule has 6 heteroatoms. The highest BCUT2D eigenvalue weighted by atomic mass is 35.5. The van der Waals surface area contributed by atoms with Crippen LogP contribution in [-0.2, 0) is 11.3 Å². The fourth-order valence-electron chi connectivity index (χ4n) is 3.22. The van der Waals surface area contributed by atoms with E-state index in [0.29, 0.717) is 17.4 Å². The van der Waals surface area contributed by atoms with Gasteiger partial charge in [0.1, 0.15) is 5.25 Å². The fourth-order valence-corrected chi connectivity index (χ4v) is 4.39. The zero-order valence-corrected chi connectivity index (χ0v) is 18.6. The molecule has 0 fully saturated rings. The van der Waals surface area contributed by atoms with Crippen molar-refractivity contribution in [3.8, 4) is 0 Å². The molecule has 0 saturated heterocycles. The highest BCUT2D eigenvalue weighted by Crippen LogP contribution is 2.36. The van der Waals surface area contributed by atoms with E-state index in [0.717, 1.165) is 21.7 Å². The van der Waals surface area contributed by atoms with Gasteiger partial charge in [-0.05, 0) is 42.3 Å². The minimum absolute atomic E-state index is 0.101. The number of amides is 1. The van der Waals surface area contributed by atoms with Gasteiger partial charge < -0.3 is 5.32 Å². The van der Waals surface area contributed by atoms with Crippen molar-refractivity contribution >= 4 is 35.1 Å². The van der Waals surface area contributed by atoms with E-state index in [-0.39, 0.29) is 11.2 Å². The van der Waals surface area contributed by atoms with Crippen LogP contribution in [0, 0.1) is 6.92 Å². The molecule has 1 atom stereocenters. The second-order valence-electron chi connectivity index (χ2n) is 7.17. The quantitative estimate of drug-likeness (QED) is 0.335. The maximum Gasteiger partial charge on any atom is 0.243 e. The van der Waals surface area contributed by atoms with E-state index in [1.807, 2.05) is 103 Å². The van der Waals surface area contributed by atoms with E-state index in [1.165, 1.54) is 11.8 Å². The molecule has 0 bridgehead atoms. The predicted molar refractivity (Wildman–Crippen MR) is 128 cm³/mol. The summed E-state index contributed by atoms with van der Waals surface area (Å²) in [6.07, 6.45) is 0. The van der Waals surface area contributed by atoms with Gasteiger partial charge >= 0.3 is 0 Å². The lowest BCUT2D eigenvalue weighted by Crippen LogP contribution is -2.19. The molecule has 4 rings (SSSR count). The topological polar surface area (TPSA) is 46.9 Å². The normalized spacial score (nSPS) is 11.8. The van der Waals surface area contributed by atoms with Gasteiger partial charge in [-0.3, -0.25) is 9.48 Å². The van der Waals surface area contributed by atoms with Crippen LogP contribution < -0.4 is 5.32 Å². The first kappa shape index (κ1) is 21.2. The Balaban J connectivity index is 1.52. The number of carbonyl (C=O) groups is 1. The standard InChI is InChI=1S/C25H22ClN3OS/c1-18-16-23(28-29(18)17-19-12-14-21(26)15-13-19)27-25(30)24(20-8-4-2-5-9-20)31-22-10-6-3-7-11-22/h2-16,24H,17H2,1H3,(H,27,28,30). The number of aromatic nitrogens is 2. The maximum absolute atomic E-state index is 13.2. The van der Waals surface area contributed by atoms with Crippen molar-refractivity contribution in [1.82, 2.24) is 9.78 Å². The summed E-state index contributed by atoms with van der Waals surface area (Å²) in [6, 6.07) is 29.3. The zero-order valence-electron chi connectivity index (χ0n) is 17.0. The molecule has 0 radical (unpaired) electrons. The minimum atomic E-state index is -0.384. The van der Waals surface area contributed by atoms with Crippen molar-refractivity contribution in [2.75, 3.05) is 5.32 Å². The van der Waals surface area contributed by atoms with Crippen molar-refractivity contribution in [1.29, 1.82) is 0 Å². The summed E-state index contributed by atoms with van der Waals surface area (Å²) in [7, 11) is 0. The van der Waals surface area contributed by atoms with Gasteiger partial charge in [0.25, 0.3) is 0 Å². The highest BCUT2D eigenvalue weighted by Gasteiger charge is 2.23. The Kier molecular flexibility index (Phi) is 6.75. The molecule has 1 N–H and O–H groups in total. The van der Waals surface area contributed by atoms with Gasteiger partial charge in [-0.15, -0.1) is 11.8 Å². The van der Waals surface area contributed by atoms with Gasteiger partial charge in [0.05, 0.1) is 6.54 Å². The van der Waals surface area contributed by atoms with Crippen LogP contribution in [0.25, 0.3) is 0 Å². The molecule has 0 saturated carbocycles. The van der Waals surface area contributed by atoms with Gasteiger partial charge in [0.2, 0.25) is 5.91 Å². The molecular formula is C25H22ClN3OS. The molecule has 0 aliphatic carbocycles. The number of nitrogens with zero attached hydrogens (tertiary/aromatic N) is 2. The van der Waals surface area contributed by atoms with Gasteiger partial charge in [0, 0.05) is 21.7 Å². The average Bonchev–Trinajstić information content (AvgIpc) is 3.13. The van der Waals surface area contributed by atoms with Gasteiger partial charge in [-0.2, -0.15) is 5.10 Å². The second kappa shape index (κ2) is 9.86. The van der Waals surface area contributed by atoms with E-state index in [9.17, 15) is 4.79 Å². The number of hydrogen-bond donors (Lipinski definition) is 1. The number of hydrogen-bond acceptors (Lipinski definition) is 3. The number of rotatable bonds is 7. The van der Waals surface area contributed by atoms with Crippen LogP contribution in [0.4, 0.5) is 5.82 Å². The first-order chi connectivity index (χ1) is 15.1. The Hall–Kier alpha value is -3.02. The lowest BCUT2D eigenvalue weighted by Gasteiger charge is -2.16. The van der Waals surface area contributed by atoms with Crippen molar-refractivity contribution in [2.24, 2.45) is 0 Å². The van der Waals surface area contributed by atoms with Crippen molar-refractivity contribution in [3.63, 3.8) is 0 Å². The van der Waals surface area contributed by atoms with Crippen molar-refractivity contribution in [3.05, 3.63) is 113 Å².